The fourth-order valence-corrected chi connectivity index (χ4v) is 3.63. The number of fused-ring (bicyclic) bond motifs is 3. The minimum atomic E-state index is -1.09. The number of ether oxygens (including phenoxy) is 2. The van der Waals surface area contributed by atoms with Gasteiger partial charge in [-0.1, -0.05) is 30.3 Å². The molecule has 1 unspecified atom stereocenters. The summed E-state index contributed by atoms with van der Waals surface area (Å²) in [5.74, 6) is 0.0321. The van der Waals surface area contributed by atoms with Crippen LogP contribution in [0.4, 0.5) is 5.69 Å². The van der Waals surface area contributed by atoms with E-state index in [0.717, 1.165) is 4.57 Å². The van der Waals surface area contributed by atoms with Gasteiger partial charge in [-0.05, 0) is 55.5 Å². The fourth-order valence-electron chi connectivity index (χ4n) is 3.63. The normalized spacial score (nSPS) is 11.8. The molecule has 0 bridgehead atoms. The third-order valence-electron chi connectivity index (χ3n) is 5.43. The van der Waals surface area contributed by atoms with E-state index in [1.807, 2.05) is 36.4 Å². The van der Waals surface area contributed by atoms with E-state index in [2.05, 4.69) is 10.3 Å². The van der Waals surface area contributed by atoms with Gasteiger partial charge in [0.15, 0.2) is 6.10 Å². The first-order valence-electron chi connectivity index (χ1n) is 11.2. The Morgan fingerprint density at radius 3 is 2.44 bits per heavy atom. The van der Waals surface area contributed by atoms with E-state index in [-0.39, 0.29) is 5.58 Å². The quantitative estimate of drug-likeness (QED) is 0.339. The third-order valence-corrected chi connectivity index (χ3v) is 5.43. The van der Waals surface area contributed by atoms with Crippen LogP contribution in [0.2, 0.25) is 0 Å². The molecule has 36 heavy (non-hydrogen) atoms. The van der Waals surface area contributed by atoms with Crippen LogP contribution in [0.5, 0.6) is 11.5 Å². The second-order valence-electron chi connectivity index (χ2n) is 8.01. The lowest BCUT2D eigenvalue weighted by Crippen LogP contribution is -2.33. The molecule has 1 amide bonds. The first kappa shape index (κ1) is 22.9. The van der Waals surface area contributed by atoms with Crippen LogP contribution in [0.3, 0.4) is 0 Å². The maximum Gasteiger partial charge on any atom is 0.326 e. The van der Waals surface area contributed by atoms with Gasteiger partial charge in [-0.3, -0.25) is 19.0 Å². The van der Waals surface area contributed by atoms with E-state index in [4.69, 9.17) is 13.9 Å². The summed E-state index contributed by atoms with van der Waals surface area (Å²) in [5.41, 5.74) is 1.01. The van der Waals surface area contributed by atoms with Crippen LogP contribution in [0.1, 0.15) is 6.92 Å². The molecule has 9 heteroatoms. The molecule has 9 nitrogen and oxygen atoms in total. The Balaban J connectivity index is 1.19. The molecular formula is C27H21N3O6. The number of anilines is 1. The lowest BCUT2D eigenvalue weighted by Gasteiger charge is -2.14. The molecule has 1 atom stereocenters. The largest absolute Gasteiger partial charge is 0.457 e. The van der Waals surface area contributed by atoms with Crippen molar-refractivity contribution in [2.45, 2.75) is 19.6 Å². The minimum absolute atomic E-state index is 0.0528. The van der Waals surface area contributed by atoms with Crippen molar-refractivity contribution in [1.29, 1.82) is 0 Å². The Kier molecular flexibility index (Phi) is 6.19. The van der Waals surface area contributed by atoms with Crippen molar-refractivity contribution in [3.05, 3.63) is 95.5 Å². The molecule has 1 N–H and O–H groups in total. The predicted octanol–water partition coefficient (Wildman–Crippen LogP) is 4.51. The van der Waals surface area contributed by atoms with Crippen molar-refractivity contribution in [2.24, 2.45) is 0 Å². The van der Waals surface area contributed by atoms with Crippen LogP contribution in [0.15, 0.2) is 94.4 Å². The zero-order valence-corrected chi connectivity index (χ0v) is 19.2. The smallest absolute Gasteiger partial charge is 0.326 e. The molecule has 0 aliphatic rings. The molecule has 2 aromatic heterocycles. The first-order valence-corrected chi connectivity index (χ1v) is 11.2. The number of para-hydroxylation sites is 2. The Labute approximate surface area is 204 Å². The Morgan fingerprint density at radius 2 is 1.67 bits per heavy atom. The maximum atomic E-state index is 12.8. The zero-order valence-electron chi connectivity index (χ0n) is 19.2. The van der Waals surface area contributed by atoms with Crippen LogP contribution >= 0.6 is 0 Å². The highest BCUT2D eigenvalue weighted by Gasteiger charge is 2.20. The number of hydrogen-bond acceptors (Lipinski definition) is 7. The topological polar surface area (TPSA) is 113 Å². The molecule has 0 aliphatic heterocycles. The molecule has 0 saturated heterocycles. The number of carbonyl (C=O) groups excluding carboxylic acids is 2. The monoisotopic (exact) mass is 483 g/mol. The second kappa shape index (κ2) is 9.75. The van der Waals surface area contributed by atoms with Gasteiger partial charge in [0.05, 0.1) is 6.33 Å². The van der Waals surface area contributed by atoms with E-state index < -0.39 is 30.1 Å². The summed E-state index contributed by atoms with van der Waals surface area (Å²) < 4.78 is 17.6. The molecule has 2 heterocycles. The van der Waals surface area contributed by atoms with Gasteiger partial charge in [-0.25, -0.2) is 4.98 Å². The van der Waals surface area contributed by atoms with Gasteiger partial charge in [0.1, 0.15) is 29.1 Å². The fraction of sp³-hybridized carbons (Fsp3) is 0.111. The van der Waals surface area contributed by atoms with Crippen LogP contribution < -0.4 is 15.6 Å². The number of amides is 1. The van der Waals surface area contributed by atoms with Gasteiger partial charge in [0.2, 0.25) is 5.58 Å². The number of esters is 1. The summed E-state index contributed by atoms with van der Waals surface area (Å²) in [6, 6.07) is 23.3. The molecule has 0 radical (unpaired) electrons. The van der Waals surface area contributed by atoms with Crippen molar-refractivity contribution in [2.75, 3.05) is 5.32 Å². The first-order chi connectivity index (χ1) is 17.5. The molecule has 5 rings (SSSR count). The van der Waals surface area contributed by atoms with Gasteiger partial charge in [-0.2, -0.15) is 0 Å². The van der Waals surface area contributed by atoms with Gasteiger partial charge < -0.3 is 19.2 Å². The van der Waals surface area contributed by atoms with Gasteiger partial charge >= 0.3 is 5.97 Å². The highest BCUT2D eigenvalue weighted by atomic mass is 16.5. The van der Waals surface area contributed by atoms with Crippen LogP contribution in [-0.4, -0.2) is 27.5 Å². The minimum Gasteiger partial charge on any atom is -0.457 e. The number of rotatable bonds is 7. The Morgan fingerprint density at radius 1 is 0.972 bits per heavy atom. The molecule has 5 aromatic rings. The average Bonchev–Trinajstić information content (AvgIpc) is 3.27. The summed E-state index contributed by atoms with van der Waals surface area (Å²) in [6.07, 6.45) is 0.175. The summed E-state index contributed by atoms with van der Waals surface area (Å²) in [5, 5.41) is 3.40. The van der Waals surface area contributed by atoms with Crippen molar-refractivity contribution >= 4 is 39.6 Å². The number of hydrogen-bond donors (Lipinski definition) is 1. The number of aromatic nitrogens is 2. The van der Waals surface area contributed by atoms with E-state index >= 15 is 0 Å². The van der Waals surface area contributed by atoms with Crippen LogP contribution in [-0.2, 0) is 20.9 Å². The third kappa shape index (κ3) is 4.80. The van der Waals surface area contributed by atoms with Crippen LogP contribution in [0.25, 0.3) is 22.1 Å². The van der Waals surface area contributed by atoms with Crippen LogP contribution in [0, 0.1) is 0 Å². The number of benzene rings is 3. The van der Waals surface area contributed by atoms with E-state index in [0.29, 0.717) is 33.7 Å². The molecule has 0 saturated carbocycles. The molecule has 3 aromatic carbocycles. The number of carbonyl (C=O) groups is 2. The summed E-state index contributed by atoms with van der Waals surface area (Å²) in [6.45, 7) is 1.03. The maximum absolute atomic E-state index is 12.8. The number of nitrogens with one attached hydrogen (secondary N) is 1. The van der Waals surface area contributed by atoms with Crippen molar-refractivity contribution in [3.63, 3.8) is 0 Å². The highest BCUT2D eigenvalue weighted by Crippen LogP contribution is 2.24. The summed E-state index contributed by atoms with van der Waals surface area (Å²) >= 11 is 0. The molecule has 0 spiro atoms. The SMILES string of the molecule is CC(OC(=O)Cn1cnc2c(oc3ccccc32)c1=O)C(=O)Nc1ccc(Oc2ccccc2)cc1. The van der Waals surface area contributed by atoms with Gasteiger partial charge in [0.25, 0.3) is 11.5 Å². The summed E-state index contributed by atoms with van der Waals surface area (Å²) in [7, 11) is 0. The number of furan rings is 1. The second-order valence-corrected chi connectivity index (χ2v) is 8.01. The highest BCUT2D eigenvalue weighted by molar-refractivity contribution is 6.01. The lowest BCUT2D eigenvalue weighted by atomic mass is 10.2. The molecule has 0 fully saturated rings. The standard InChI is InChI=1S/C27H21N3O6/c1-17(26(32)29-18-11-13-20(14-12-18)35-19-7-3-2-4-8-19)34-23(31)15-30-16-28-24-21-9-5-6-10-22(21)36-25(24)27(30)33/h2-14,16-17H,15H2,1H3,(H,29,32). The predicted molar refractivity (Wildman–Crippen MR) is 133 cm³/mol. The van der Waals surface area contributed by atoms with E-state index in [9.17, 15) is 14.4 Å². The van der Waals surface area contributed by atoms with Gasteiger partial charge in [-0.15, -0.1) is 0 Å². The average molecular weight is 483 g/mol. The molecule has 0 aliphatic carbocycles. The van der Waals surface area contributed by atoms with Crippen molar-refractivity contribution in [3.8, 4) is 11.5 Å². The lowest BCUT2D eigenvalue weighted by molar-refractivity contribution is -0.153. The molecule has 180 valence electrons. The van der Waals surface area contributed by atoms with Gasteiger partial charge in [0, 0.05) is 11.1 Å². The molecular weight excluding hydrogens is 462 g/mol. The Bertz CT molecular complexity index is 1610. The summed E-state index contributed by atoms with van der Waals surface area (Å²) in [4.78, 5) is 42.0. The van der Waals surface area contributed by atoms with Crippen molar-refractivity contribution in [1.82, 2.24) is 9.55 Å². The Hall–Kier alpha value is -4.92. The number of nitrogens with zero attached hydrogens (tertiary/aromatic N) is 2. The zero-order chi connectivity index (χ0) is 25.1. The van der Waals surface area contributed by atoms with E-state index in [1.165, 1.54) is 13.3 Å². The van der Waals surface area contributed by atoms with Crippen molar-refractivity contribution < 1.29 is 23.5 Å². The van der Waals surface area contributed by atoms with E-state index in [1.54, 1.807) is 42.5 Å².